The van der Waals surface area contributed by atoms with Gasteiger partial charge < -0.3 is 9.47 Å². The van der Waals surface area contributed by atoms with E-state index < -0.39 is 0 Å². The topological polar surface area (TPSA) is 60.5 Å². The van der Waals surface area contributed by atoms with Crippen molar-refractivity contribution in [3.05, 3.63) is 40.9 Å². The van der Waals surface area contributed by atoms with E-state index in [2.05, 4.69) is 10.3 Å². The molecule has 1 fully saturated rings. The Kier molecular flexibility index (Phi) is 4.70. The van der Waals surface area contributed by atoms with Gasteiger partial charge in [0.05, 0.1) is 23.7 Å². The van der Waals surface area contributed by atoms with Crippen LogP contribution >= 0.6 is 11.3 Å². The standard InChI is InChI=1S/C16H18N2O3S/c1-20-10-12-8-17-16(22-12)18-15(19)13-4-2-3-5-14(13)21-9-11-6-7-11/h2-5,8,11H,6-7,9-10H2,1H3,(H,17,18,19). The summed E-state index contributed by atoms with van der Waals surface area (Å²) in [7, 11) is 1.63. The first-order valence-electron chi connectivity index (χ1n) is 7.23. The van der Waals surface area contributed by atoms with Crippen molar-refractivity contribution < 1.29 is 14.3 Å². The van der Waals surface area contributed by atoms with Crippen molar-refractivity contribution in [2.75, 3.05) is 19.0 Å². The van der Waals surface area contributed by atoms with Crippen molar-refractivity contribution in [3.63, 3.8) is 0 Å². The molecule has 0 radical (unpaired) electrons. The molecule has 0 atom stereocenters. The highest BCUT2D eigenvalue weighted by Gasteiger charge is 2.23. The van der Waals surface area contributed by atoms with Gasteiger partial charge in [-0.25, -0.2) is 4.98 Å². The third kappa shape index (κ3) is 3.84. The Morgan fingerprint density at radius 3 is 3.00 bits per heavy atom. The third-order valence-corrected chi connectivity index (χ3v) is 4.25. The highest BCUT2D eigenvalue weighted by atomic mass is 32.1. The summed E-state index contributed by atoms with van der Waals surface area (Å²) in [5.41, 5.74) is 0.534. The zero-order chi connectivity index (χ0) is 15.4. The minimum absolute atomic E-state index is 0.204. The SMILES string of the molecule is COCc1cnc(NC(=O)c2ccccc2OCC2CC2)s1. The van der Waals surface area contributed by atoms with Crippen LogP contribution in [0.4, 0.5) is 5.13 Å². The number of anilines is 1. The van der Waals surface area contributed by atoms with Crippen LogP contribution in [0.2, 0.25) is 0 Å². The molecule has 0 bridgehead atoms. The van der Waals surface area contributed by atoms with Gasteiger partial charge in [0, 0.05) is 13.3 Å². The number of aromatic nitrogens is 1. The Labute approximate surface area is 133 Å². The van der Waals surface area contributed by atoms with E-state index in [9.17, 15) is 4.79 Å². The number of benzene rings is 1. The number of carbonyl (C=O) groups excluding carboxylic acids is 1. The fourth-order valence-electron chi connectivity index (χ4n) is 2.01. The second-order valence-corrected chi connectivity index (χ2v) is 6.38. The average Bonchev–Trinajstić information content (AvgIpc) is 3.26. The van der Waals surface area contributed by atoms with Crippen LogP contribution in [0.25, 0.3) is 0 Å². The lowest BCUT2D eigenvalue weighted by Gasteiger charge is -2.10. The molecule has 22 heavy (non-hydrogen) atoms. The van der Waals surface area contributed by atoms with Crippen LogP contribution in [-0.2, 0) is 11.3 Å². The van der Waals surface area contributed by atoms with Gasteiger partial charge in [0.25, 0.3) is 5.91 Å². The summed E-state index contributed by atoms with van der Waals surface area (Å²) in [5, 5.41) is 3.38. The normalized spacial score (nSPS) is 13.9. The van der Waals surface area contributed by atoms with Crippen LogP contribution in [0.1, 0.15) is 28.1 Å². The maximum atomic E-state index is 12.4. The maximum absolute atomic E-state index is 12.4. The molecule has 0 spiro atoms. The minimum Gasteiger partial charge on any atom is -0.492 e. The predicted octanol–water partition coefficient (Wildman–Crippen LogP) is 3.33. The number of hydrogen-bond donors (Lipinski definition) is 1. The lowest BCUT2D eigenvalue weighted by Crippen LogP contribution is -2.14. The van der Waals surface area contributed by atoms with Crippen molar-refractivity contribution in [1.29, 1.82) is 0 Å². The van der Waals surface area contributed by atoms with Crippen LogP contribution in [0, 0.1) is 5.92 Å². The first kappa shape index (κ1) is 15.0. The van der Waals surface area contributed by atoms with Gasteiger partial charge in [0.2, 0.25) is 0 Å². The molecule has 1 aromatic heterocycles. The van der Waals surface area contributed by atoms with Crippen molar-refractivity contribution in [2.45, 2.75) is 19.4 Å². The molecule has 1 N–H and O–H groups in total. The Morgan fingerprint density at radius 2 is 2.23 bits per heavy atom. The van der Waals surface area contributed by atoms with Gasteiger partial charge in [0.1, 0.15) is 5.75 Å². The lowest BCUT2D eigenvalue weighted by atomic mass is 10.2. The molecule has 0 saturated heterocycles. The number of rotatable bonds is 7. The van der Waals surface area contributed by atoms with E-state index in [1.807, 2.05) is 18.2 Å². The Bertz CT molecular complexity index is 652. The molecule has 1 amide bonds. The number of thiazole rings is 1. The molecule has 0 aliphatic heterocycles. The van der Waals surface area contributed by atoms with Gasteiger partial charge in [-0.3, -0.25) is 10.1 Å². The Balaban J connectivity index is 1.67. The number of hydrogen-bond acceptors (Lipinski definition) is 5. The molecule has 6 heteroatoms. The molecular weight excluding hydrogens is 300 g/mol. The van der Waals surface area contributed by atoms with E-state index in [1.165, 1.54) is 24.2 Å². The van der Waals surface area contributed by atoms with Crippen LogP contribution in [-0.4, -0.2) is 24.6 Å². The number of nitrogens with zero attached hydrogens (tertiary/aromatic N) is 1. The smallest absolute Gasteiger partial charge is 0.261 e. The van der Waals surface area contributed by atoms with Crippen molar-refractivity contribution in [2.24, 2.45) is 5.92 Å². The lowest BCUT2D eigenvalue weighted by molar-refractivity contribution is 0.102. The number of para-hydroxylation sites is 1. The molecule has 3 rings (SSSR count). The summed E-state index contributed by atoms with van der Waals surface area (Å²) in [6, 6.07) is 7.30. The second-order valence-electron chi connectivity index (χ2n) is 5.27. The fourth-order valence-corrected chi connectivity index (χ4v) is 2.79. The van der Waals surface area contributed by atoms with Gasteiger partial charge in [0.15, 0.2) is 5.13 Å². The molecule has 1 heterocycles. The zero-order valence-corrected chi connectivity index (χ0v) is 13.2. The fraction of sp³-hybridized carbons (Fsp3) is 0.375. The van der Waals surface area contributed by atoms with Crippen LogP contribution in [0.15, 0.2) is 30.5 Å². The third-order valence-electron chi connectivity index (χ3n) is 3.36. The summed E-state index contributed by atoms with van der Waals surface area (Å²) < 4.78 is 10.8. The summed E-state index contributed by atoms with van der Waals surface area (Å²) >= 11 is 1.41. The molecule has 1 saturated carbocycles. The number of methoxy groups -OCH3 is 1. The van der Waals surface area contributed by atoms with Gasteiger partial charge in [-0.1, -0.05) is 23.5 Å². The van der Waals surface area contributed by atoms with Crippen molar-refractivity contribution in [3.8, 4) is 5.75 Å². The van der Waals surface area contributed by atoms with Gasteiger partial charge >= 0.3 is 0 Å². The van der Waals surface area contributed by atoms with Crippen LogP contribution < -0.4 is 10.1 Å². The van der Waals surface area contributed by atoms with E-state index in [0.717, 1.165) is 4.88 Å². The monoisotopic (exact) mass is 318 g/mol. The van der Waals surface area contributed by atoms with E-state index in [-0.39, 0.29) is 5.91 Å². The summed E-state index contributed by atoms with van der Waals surface area (Å²) in [4.78, 5) is 17.6. The van der Waals surface area contributed by atoms with E-state index in [4.69, 9.17) is 9.47 Å². The van der Waals surface area contributed by atoms with Crippen molar-refractivity contribution in [1.82, 2.24) is 4.98 Å². The molecule has 116 valence electrons. The minimum atomic E-state index is -0.204. The molecule has 2 aromatic rings. The molecule has 0 unspecified atom stereocenters. The van der Waals surface area contributed by atoms with Crippen LogP contribution in [0.5, 0.6) is 5.75 Å². The van der Waals surface area contributed by atoms with Gasteiger partial charge in [-0.05, 0) is 30.9 Å². The highest BCUT2D eigenvalue weighted by molar-refractivity contribution is 7.15. The van der Waals surface area contributed by atoms with E-state index >= 15 is 0 Å². The summed E-state index contributed by atoms with van der Waals surface area (Å²) in [6.07, 6.45) is 4.14. The maximum Gasteiger partial charge on any atom is 0.261 e. The first-order chi connectivity index (χ1) is 10.8. The van der Waals surface area contributed by atoms with E-state index in [1.54, 1.807) is 19.4 Å². The first-order valence-corrected chi connectivity index (χ1v) is 8.04. The Morgan fingerprint density at radius 1 is 1.41 bits per heavy atom. The van der Waals surface area contributed by atoms with E-state index in [0.29, 0.717) is 35.6 Å². The Hall–Kier alpha value is -1.92. The highest BCUT2D eigenvalue weighted by Crippen LogP contribution is 2.30. The number of amides is 1. The zero-order valence-electron chi connectivity index (χ0n) is 12.4. The largest absolute Gasteiger partial charge is 0.492 e. The average molecular weight is 318 g/mol. The molecule has 1 aliphatic carbocycles. The van der Waals surface area contributed by atoms with Gasteiger partial charge in [-0.15, -0.1) is 0 Å². The number of carbonyl (C=O) groups is 1. The molecule has 1 aliphatic rings. The quantitative estimate of drug-likeness (QED) is 0.850. The molecule has 5 nitrogen and oxygen atoms in total. The molecular formula is C16H18N2O3S. The summed E-state index contributed by atoms with van der Waals surface area (Å²) in [5.74, 6) is 1.07. The van der Waals surface area contributed by atoms with Gasteiger partial charge in [-0.2, -0.15) is 0 Å². The summed E-state index contributed by atoms with van der Waals surface area (Å²) in [6.45, 7) is 1.17. The second kappa shape index (κ2) is 6.89. The number of nitrogens with one attached hydrogen (secondary N) is 1. The molecule has 1 aromatic carbocycles. The predicted molar refractivity (Wildman–Crippen MR) is 85.4 cm³/mol. The van der Waals surface area contributed by atoms with Crippen LogP contribution in [0.3, 0.4) is 0 Å². The van der Waals surface area contributed by atoms with Crippen molar-refractivity contribution >= 4 is 22.4 Å². The number of ether oxygens (including phenoxy) is 2.